The molecular weight excluding hydrogens is 248 g/mol. The second kappa shape index (κ2) is 7.50. The third kappa shape index (κ3) is 4.69. The molecule has 1 unspecified atom stereocenters. The number of carbonyl (C=O) groups is 2. The second-order valence-corrected chi connectivity index (χ2v) is 4.01. The quantitative estimate of drug-likeness (QED) is 0.615. The summed E-state index contributed by atoms with van der Waals surface area (Å²) in [6.07, 6.45) is -1.27. The van der Waals surface area contributed by atoms with Crippen molar-refractivity contribution in [3.05, 3.63) is 35.9 Å². The monoisotopic (exact) mass is 266 g/mol. The first-order valence-corrected chi connectivity index (χ1v) is 5.88. The molecule has 1 aromatic carbocycles. The molecule has 0 heterocycles. The van der Waals surface area contributed by atoms with Crippen molar-refractivity contribution < 1.29 is 19.4 Å². The number of ether oxygens (including phenoxy) is 1. The van der Waals surface area contributed by atoms with E-state index in [0.717, 1.165) is 5.56 Å². The van der Waals surface area contributed by atoms with Crippen molar-refractivity contribution in [2.24, 2.45) is 5.73 Å². The van der Waals surface area contributed by atoms with Crippen LogP contribution in [0.15, 0.2) is 30.3 Å². The van der Waals surface area contributed by atoms with E-state index in [1.54, 1.807) is 12.1 Å². The minimum Gasteiger partial charge on any atom is -0.467 e. The number of rotatable bonds is 6. The summed E-state index contributed by atoms with van der Waals surface area (Å²) in [4.78, 5) is 22.6. The predicted molar refractivity (Wildman–Crippen MR) is 69.0 cm³/mol. The average molecular weight is 266 g/mol. The van der Waals surface area contributed by atoms with E-state index in [4.69, 9.17) is 5.73 Å². The Morgan fingerprint density at radius 2 is 2.00 bits per heavy atom. The third-order valence-corrected chi connectivity index (χ3v) is 2.65. The minimum atomic E-state index is -1.30. The first-order valence-electron chi connectivity index (χ1n) is 5.88. The van der Waals surface area contributed by atoms with Gasteiger partial charge >= 0.3 is 5.97 Å². The molecule has 0 bridgehead atoms. The van der Waals surface area contributed by atoms with Crippen molar-refractivity contribution in [1.82, 2.24) is 5.32 Å². The topological polar surface area (TPSA) is 102 Å². The molecule has 6 nitrogen and oxygen atoms in total. The molecule has 6 heteroatoms. The fourth-order valence-electron chi connectivity index (χ4n) is 1.67. The van der Waals surface area contributed by atoms with E-state index in [1.807, 2.05) is 18.2 Å². The molecule has 0 spiro atoms. The van der Waals surface area contributed by atoms with E-state index >= 15 is 0 Å². The number of methoxy groups -OCH3 is 1. The van der Waals surface area contributed by atoms with Crippen LogP contribution in [0.4, 0.5) is 0 Å². The lowest BCUT2D eigenvalue weighted by Gasteiger charge is -2.21. The Labute approximate surface area is 111 Å². The number of esters is 1. The zero-order chi connectivity index (χ0) is 14.3. The summed E-state index contributed by atoms with van der Waals surface area (Å²) < 4.78 is 4.45. The Morgan fingerprint density at radius 3 is 2.53 bits per heavy atom. The van der Waals surface area contributed by atoms with Gasteiger partial charge in [0, 0.05) is 6.42 Å². The fraction of sp³-hybridized carbons (Fsp3) is 0.385. The summed E-state index contributed by atoms with van der Waals surface area (Å²) in [7, 11) is 1.20. The lowest BCUT2D eigenvalue weighted by molar-refractivity contribution is -0.151. The molecule has 104 valence electrons. The van der Waals surface area contributed by atoms with Gasteiger partial charge in [-0.1, -0.05) is 30.3 Å². The van der Waals surface area contributed by atoms with E-state index in [9.17, 15) is 14.7 Å². The fourth-order valence-corrected chi connectivity index (χ4v) is 1.67. The molecule has 4 N–H and O–H groups in total. The SMILES string of the molecule is COC(=O)[C@@H](O)CC(NC(=O)CN)c1ccccc1. The highest BCUT2D eigenvalue weighted by Gasteiger charge is 2.23. The summed E-state index contributed by atoms with van der Waals surface area (Å²) in [6.45, 7) is -0.155. The number of nitrogens with two attached hydrogens (primary N) is 1. The molecule has 1 amide bonds. The zero-order valence-corrected chi connectivity index (χ0v) is 10.7. The van der Waals surface area contributed by atoms with Crippen LogP contribution in [-0.4, -0.2) is 36.7 Å². The Bertz CT molecular complexity index is 422. The predicted octanol–water partition coefficient (Wildman–Crippen LogP) is -0.273. The van der Waals surface area contributed by atoms with Gasteiger partial charge in [-0.25, -0.2) is 4.79 Å². The maximum Gasteiger partial charge on any atom is 0.334 e. The van der Waals surface area contributed by atoms with Gasteiger partial charge in [0.1, 0.15) is 0 Å². The minimum absolute atomic E-state index is 0.0302. The van der Waals surface area contributed by atoms with Crippen LogP contribution in [0.3, 0.4) is 0 Å². The molecule has 0 radical (unpaired) electrons. The Kier molecular flexibility index (Phi) is 5.98. The summed E-state index contributed by atoms with van der Waals surface area (Å²) >= 11 is 0. The molecular formula is C13H18N2O4. The van der Waals surface area contributed by atoms with Crippen LogP contribution in [0.2, 0.25) is 0 Å². The molecule has 2 atom stereocenters. The Morgan fingerprint density at radius 1 is 1.37 bits per heavy atom. The normalized spacial score (nSPS) is 13.4. The number of hydrogen-bond donors (Lipinski definition) is 3. The van der Waals surface area contributed by atoms with Crippen molar-refractivity contribution >= 4 is 11.9 Å². The van der Waals surface area contributed by atoms with Crippen LogP contribution in [0, 0.1) is 0 Å². The molecule has 1 rings (SSSR count). The zero-order valence-electron chi connectivity index (χ0n) is 10.7. The Balaban J connectivity index is 2.81. The molecule has 0 aliphatic carbocycles. The number of benzene rings is 1. The summed E-state index contributed by atoms with van der Waals surface area (Å²) in [6, 6.07) is 8.55. The van der Waals surface area contributed by atoms with Gasteiger partial charge in [-0.2, -0.15) is 0 Å². The first-order chi connectivity index (χ1) is 9.08. The molecule has 19 heavy (non-hydrogen) atoms. The Hall–Kier alpha value is -1.92. The van der Waals surface area contributed by atoms with Gasteiger partial charge < -0.3 is 20.9 Å². The molecule has 0 aliphatic heterocycles. The number of aliphatic hydroxyl groups is 1. The highest BCUT2D eigenvalue weighted by Crippen LogP contribution is 2.18. The molecule has 0 aromatic heterocycles. The van der Waals surface area contributed by atoms with E-state index < -0.39 is 18.1 Å². The van der Waals surface area contributed by atoms with Gasteiger partial charge in [0.2, 0.25) is 5.91 Å². The lowest BCUT2D eigenvalue weighted by Crippen LogP contribution is -2.37. The van der Waals surface area contributed by atoms with Crippen LogP contribution >= 0.6 is 0 Å². The van der Waals surface area contributed by atoms with E-state index in [1.165, 1.54) is 7.11 Å². The maximum atomic E-state index is 11.4. The number of aliphatic hydroxyl groups excluding tert-OH is 1. The van der Waals surface area contributed by atoms with Gasteiger partial charge in [0.15, 0.2) is 6.10 Å². The van der Waals surface area contributed by atoms with Crippen LogP contribution in [-0.2, 0) is 14.3 Å². The first kappa shape index (κ1) is 15.1. The smallest absolute Gasteiger partial charge is 0.334 e. The van der Waals surface area contributed by atoms with Gasteiger partial charge in [-0.15, -0.1) is 0 Å². The largest absolute Gasteiger partial charge is 0.467 e. The third-order valence-electron chi connectivity index (χ3n) is 2.65. The second-order valence-electron chi connectivity index (χ2n) is 4.01. The van der Waals surface area contributed by atoms with Crippen LogP contribution in [0.1, 0.15) is 18.0 Å². The number of nitrogens with one attached hydrogen (secondary N) is 1. The van der Waals surface area contributed by atoms with Gasteiger partial charge in [0.25, 0.3) is 0 Å². The van der Waals surface area contributed by atoms with E-state index in [0.29, 0.717) is 0 Å². The van der Waals surface area contributed by atoms with Crippen molar-refractivity contribution in [1.29, 1.82) is 0 Å². The van der Waals surface area contributed by atoms with E-state index in [-0.39, 0.29) is 18.9 Å². The van der Waals surface area contributed by atoms with Crippen molar-refractivity contribution in [2.45, 2.75) is 18.6 Å². The molecule has 0 saturated carbocycles. The summed E-state index contributed by atoms with van der Waals surface area (Å²) in [5.41, 5.74) is 6.03. The van der Waals surface area contributed by atoms with Gasteiger partial charge in [0.05, 0.1) is 19.7 Å². The summed E-state index contributed by atoms with van der Waals surface area (Å²) in [5.74, 6) is -1.09. The number of hydrogen-bond acceptors (Lipinski definition) is 5. The average Bonchev–Trinajstić information content (AvgIpc) is 2.46. The standard InChI is InChI=1S/C13H18N2O4/c1-19-13(18)11(16)7-10(15-12(17)8-14)9-5-3-2-4-6-9/h2-6,10-11,16H,7-8,14H2,1H3,(H,15,17)/t10?,11-/m0/s1. The number of carbonyl (C=O) groups excluding carboxylic acids is 2. The number of amides is 1. The molecule has 0 fully saturated rings. The van der Waals surface area contributed by atoms with Crippen molar-refractivity contribution in [3.8, 4) is 0 Å². The lowest BCUT2D eigenvalue weighted by atomic mass is 10.0. The van der Waals surface area contributed by atoms with Gasteiger partial charge in [-0.3, -0.25) is 4.79 Å². The molecule has 0 saturated heterocycles. The highest BCUT2D eigenvalue weighted by molar-refractivity contribution is 5.78. The molecule has 1 aromatic rings. The van der Waals surface area contributed by atoms with Gasteiger partial charge in [-0.05, 0) is 5.56 Å². The van der Waals surface area contributed by atoms with E-state index in [2.05, 4.69) is 10.1 Å². The molecule has 0 aliphatic rings. The van der Waals surface area contributed by atoms with Crippen molar-refractivity contribution in [3.63, 3.8) is 0 Å². The van der Waals surface area contributed by atoms with Crippen LogP contribution in [0.25, 0.3) is 0 Å². The maximum absolute atomic E-state index is 11.4. The van der Waals surface area contributed by atoms with Crippen molar-refractivity contribution in [2.75, 3.05) is 13.7 Å². The van der Waals surface area contributed by atoms with Crippen LogP contribution in [0.5, 0.6) is 0 Å². The van der Waals surface area contributed by atoms with Crippen LogP contribution < -0.4 is 11.1 Å². The highest BCUT2D eigenvalue weighted by atomic mass is 16.5. The summed E-state index contributed by atoms with van der Waals surface area (Å²) in [5, 5.41) is 12.3.